The van der Waals surface area contributed by atoms with Gasteiger partial charge in [0, 0.05) is 32.2 Å². The quantitative estimate of drug-likeness (QED) is 0.814. The molecule has 8 heteroatoms. The van der Waals surface area contributed by atoms with E-state index < -0.39 is 10.0 Å². The first kappa shape index (κ1) is 17.2. The van der Waals surface area contributed by atoms with Gasteiger partial charge in [-0.1, -0.05) is 6.07 Å². The lowest BCUT2D eigenvalue weighted by Gasteiger charge is -2.35. The topological polar surface area (TPSA) is 66.7 Å². The number of hydrogen-bond acceptors (Lipinski definition) is 6. The minimum Gasteiger partial charge on any atom is -0.440 e. The molecule has 0 aromatic carbocycles. The second-order valence-electron chi connectivity index (χ2n) is 7.11. The molecule has 0 amide bonds. The van der Waals surface area contributed by atoms with Crippen molar-refractivity contribution < 1.29 is 12.8 Å². The molecule has 5 rings (SSSR count). The van der Waals surface area contributed by atoms with Crippen molar-refractivity contribution in [1.82, 2.24) is 14.2 Å². The number of oxazole rings is 1. The molecule has 2 aromatic rings. The number of aromatic nitrogens is 1. The molecule has 136 valence electrons. The lowest BCUT2D eigenvalue weighted by Crippen LogP contribution is -2.43. The molecule has 0 N–H and O–H groups in total. The van der Waals surface area contributed by atoms with Crippen molar-refractivity contribution in [2.45, 2.75) is 32.4 Å². The van der Waals surface area contributed by atoms with E-state index in [9.17, 15) is 8.42 Å². The molecule has 0 radical (unpaired) electrons. The third-order valence-electron chi connectivity index (χ3n) is 5.24. The fourth-order valence-corrected chi connectivity index (χ4v) is 5.45. The van der Waals surface area contributed by atoms with Gasteiger partial charge in [0.1, 0.15) is 5.76 Å². The Morgan fingerprint density at radius 1 is 1.32 bits per heavy atom. The van der Waals surface area contributed by atoms with Gasteiger partial charge in [-0.15, -0.1) is 11.3 Å². The zero-order valence-corrected chi connectivity index (χ0v) is 16.1. The van der Waals surface area contributed by atoms with Gasteiger partial charge in [-0.25, -0.2) is 17.7 Å². The molecule has 2 aromatic heterocycles. The summed E-state index contributed by atoms with van der Waals surface area (Å²) in [5.74, 6) is 1.93. The summed E-state index contributed by atoms with van der Waals surface area (Å²) in [4.78, 5) is 8.13. The molecule has 3 fully saturated rings. The molecule has 0 unspecified atom stereocenters. The van der Waals surface area contributed by atoms with Gasteiger partial charge in [-0.2, -0.15) is 0 Å². The van der Waals surface area contributed by atoms with Crippen LogP contribution in [0, 0.1) is 12.8 Å². The summed E-state index contributed by atoms with van der Waals surface area (Å²) in [5, 5.41) is 2.02. The summed E-state index contributed by atoms with van der Waals surface area (Å²) in [5.41, 5.74) is 0.960. The number of thiophene rings is 1. The van der Waals surface area contributed by atoms with Crippen molar-refractivity contribution in [2.24, 2.45) is 5.92 Å². The Morgan fingerprint density at radius 3 is 2.88 bits per heavy atom. The maximum Gasteiger partial charge on any atom is 0.236 e. The first-order valence-corrected chi connectivity index (χ1v) is 11.3. The van der Waals surface area contributed by atoms with Crippen LogP contribution in [0.25, 0.3) is 10.8 Å². The van der Waals surface area contributed by atoms with Crippen LogP contribution < -0.4 is 0 Å². The highest BCUT2D eigenvalue weighted by Gasteiger charge is 2.38. The Morgan fingerprint density at radius 2 is 2.16 bits per heavy atom. The Bertz CT molecular complexity index is 845. The number of sulfonamides is 1. The predicted molar refractivity (Wildman–Crippen MR) is 97.9 cm³/mol. The molecule has 6 nitrogen and oxygen atoms in total. The molecular formula is C17H23N3O3S2. The Labute approximate surface area is 152 Å². The van der Waals surface area contributed by atoms with Crippen molar-refractivity contribution in [3.63, 3.8) is 0 Å². The third-order valence-corrected chi connectivity index (χ3v) is 7.33. The van der Waals surface area contributed by atoms with Gasteiger partial charge >= 0.3 is 0 Å². The summed E-state index contributed by atoms with van der Waals surface area (Å²) in [6, 6.07) is 4.26. The first-order valence-electron chi connectivity index (χ1n) is 8.59. The van der Waals surface area contributed by atoms with Crippen LogP contribution in [0.15, 0.2) is 21.9 Å². The van der Waals surface area contributed by atoms with Crippen LogP contribution in [-0.2, 0) is 16.6 Å². The average molecular weight is 382 g/mol. The largest absolute Gasteiger partial charge is 0.440 e. The number of aryl methyl sites for hydroxylation is 1. The fraction of sp³-hybridized carbons (Fsp3) is 0.588. The minimum absolute atomic E-state index is 0.259. The highest BCUT2D eigenvalue weighted by molar-refractivity contribution is 7.88. The van der Waals surface area contributed by atoms with Crippen LogP contribution in [0.3, 0.4) is 0 Å². The summed E-state index contributed by atoms with van der Waals surface area (Å²) in [6.45, 7) is 4.84. The Balaban J connectivity index is 1.54. The number of hydrogen-bond donors (Lipinski definition) is 0. The van der Waals surface area contributed by atoms with Crippen LogP contribution in [0.1, 0.15) is 24.3 Å². The molecule has 2 bridgehead atoms. The lowest BCUT2D eigenvalue weighted by molar-refractivity contribution is 0.123. The van der Waals surface area contributed by atoms with E-state index in [1.807, 2.05) is 24.4 Å². The minimum atomic E-state index is -3.13. The van der Waals surface area contributed by atoms with Crippen molar-refractivity contribution in [2.75, 3.05) is 25.9 Å². The van der Waals surface area contributed by atoms with E-state index in [1.54, 1.807) is 15.6 Å². The molecule has 0 aliphatic carbocycles. The SMILES string of the molecule is Cc1oc(-c2cccs2)nc1CN1C[C@H]2CC[C@@H]1CN(S(C)(=O)=O)C2. The van der Waals surface area contributed by atoms with Crippen LogP contribution in [-0.4, -0.2) is 54.5 Å². The highest BCUT2D eigenvalue weighted by Crippen LogP contribution is 2.32. The summed E-state index contributed by atoms with van der Waals surface area (Å²) >= 11 is 1.62. The molecule has 0 saturated carbocycles. The van der Waals surface area contributed by atoms with Crippen molar-refractivity contribution in [3.05, 3.63) is 29.0 Å². The van der Waals surface area contributed by atoms with E-state index in [1.165, 1.54) is 6.26 Å². The van der Waals surface area contributed by atoms with Crippen molar-refractivity contribution in [1.29, 1.82) is 0 Å². The van der Waals surface area contributed by atoms with Crippen molar-refractivity contribution in [3.8, 4) is 10.8 Å². The van der Waals surface area contributed by atoms with Gasteiger partial charge < -0.3 is 4.42 Å². The zero-order valence-electron chi connectivity index (χ0n) is 14.5. The monoisotopic (exact) mass is 381 g/mol. The second-order valence-corrected chi connectivity index (χ2v) is 10.0. The second kappa shape index (κ2) is 6.50. The molecule has 25 heavy (non-hydrogen) atoms. The normalized spacial score (nSPS) is 25.4. The molecule has 0 spiro atoms. The van der Waals surface area contributed by atoms with Crippen LogP contribution in [0.4, 0.5) is 0 Å². The maximum absolute atomic E-state index is 12.0. The summed E-state index contributed by atoms with van der Waals surface area (Å²) < 4.78 is 31.5. The van der Waals surface area contributed by atoms with E-state index >= 15 is 0 Å². The molecular weight excluding hydrogens is 358 g/mol. The fourth-order valence-electron chi connectivity index (χ4n) is 3.87. The molecule has 3 saturated heterocycles. The van der Waals surface area contributed by atoms with Crippen LogP contribution in [0.2, 0.25) is 0 Å². The van der Waals surface area contributed by atoms with E-state index in [4.69, 9.17) is 9.40 Å². The zero-order chi connectivity index (χ0) is 17.6. The standard InChI is InChI=1S/C17H23N3O3S2/c1-12-15(18-17(23-12)16-4-3-7-24-16)11-19-8-13-5-6-14(19)10-20(9-13)25(2,21)22/h3-4,7,13-14H,5-6,8-11H2,1-2H3/t13-,14-/m1/s1. The van der Waals surface area contributed by atoms with E-state index in [-0.39, 0.29) is 6.04 Å². The van der Waals surface area contributed by atoms with Gasteiger partial charge in [0.15, 0.2) is 0 Å². The predicted octanol–water partition coefficient (Wildman–Crippen LogP) is 2.57. The summed E-state index contributed by atoms with van der Waals surface area (Å²) in [7, 11) is -3.13. The number of rotatable bonds is 4. The van der Waals surface area contributed by atoms with Gasteiger partial charge in [0.2, 0.25) is 15.9 Å². The van der Waals surface area contributed by atoms with Gasteiger partial charge in [0.25, 0.3) is 0 Å². The maximum atomic E-state index is 12.0. The van der Waals surface area contributed by atoms with Crippen LogP contribution in [0.5, 0.6) is 0 Å². The lowest BCUT2D eigenvalue weighted by atomic mass is 9.95. The Hall–Kier alpha value is -1.22. The summed E-state index contributed by atoms with van der Waals surface area (Å²) in [6.07, 6.45) is 3.47. The van der Waals surface area contributed by atoms with Gasteiger partial charge in [0.05, 0.1) is 16.8 Å². The number of fused-ring (bicyclic) bond motifs is 4. The van der Waals surface area contributed by atoms with E-state index in [2.05, 4.69) is 4.90 Å². The smallest absolute Gasteiger partial charge is 0.236 e. The van der Waals surface area contributed by atoms with Crippen LogP contribution >= 0.6 is 11.3 Å². The third kappa shape index (κ3) is 3.53. The van der Waals surface area contributed by atoms with E-state index in [0.717, 1.165) is 42.3 Å². The molecule has 5 heterocycles. The Kier molecular flexibility index (Phi) is 4.47. The molecule has 3 aliphatic heterocycles. The van der Waals surface area contributed by atoms with Gasteiger partial charge in [-0.3, -0.25) is 4.90 Å². The highest BCUT2D eigenvalue weighted by atomic mass is 32.2. The number of piperidine rings is 1. The van der Waals surface area contributed by atoms with Gasteiger partial charge in [-0.05, 0) is 37.1 Å². The van der Waals surface area contributed by atoms with E-state index in [0.29, 0.717) is 24.9 Å². The van der Waals surface area contributed by atoms with Crippen molar-refractivity contribution >= 4 is 21.4 Å². The average Bonchev–Trinajstić information content (AvgIpc) is 3.09. The number of nitrogens with zero attached hydrogens (tertiary/aromatic N) is 3. The molecule has 2 atom stereocenters. The molecule has 3 aliphatic rings. The first-order chi connectivity index (χ1) is 11.9.